The van der Waals surface area contributed by atoms with E-state index in [1.807, 2.05) is 56.1 Å². The van der Waals surface area contributed by atoms with Crippen LogP contribution in [0.3, 0.4) is 0 Å². The van der Waals surface area contributed by atoms with E-state index >= 15 is 0 Å². The third-order valence-electron chi connectivity index (χ3n) is 4.66. The molecule has 0 N–H and O–H groups in total. The number of hydrogen-bond acceptors (Lipinski definition) is 3. The Hall–Kier alpha value is -1.20. The van der Waals surface area contributed by atoms with E-state index in [0.717, 1.165) is 37.4 Å². The molecule has 1 fully saturated rings. The molecule has 1 saturated heterocycles. The topological polar surface area (TPSA) is 40.6 Å². The molecule has 0 spiro atoms. The van der Waals surface area contributed by atoms with Crippen molar-refractivity contribution < 1.29 is 9.00 Å². The number of amides is 1. The smallest absolute Gasteiger partial charge is 0.225 e. The molecule has 1 heterocycles. The highest BCUT2D eigenvalue weighted by molar-refractivity contribution is 7.85. The lowest BCUT2D eigenvalue weighted by Crippen LogP contribution is -2.44. The Bertz CT molecular complexity index is 525. The fourth-order valence-corrected chi connectivity index (χ4v) is 3.97. The van der Waals surface area contributed by atoms with Gasteiger partial charge in [-0.15, -0.1) is 0 Å². The quantitative estimate of drug-likeness (QED) is 0.801. The van der Waals surface area contributed by atoms with Crippen LogP contribution < -0.4 is 0 Å². The van der Waals surface area contributed by atoms with E-state index in [1.165, 1.54) is 0 Å². The second kappa shape index (κ2) is 8.60. The maximum atomic E-state index is 12.4. The fourth-order valence-electron chi connectivity index (χ4n) is 2.85. The summed E-state index contributed by atoms with van der Waals surface area (Å²) in [4.78, 5) is 17.4. The maximum Gasteiger partial charge on any atom is 0.225 e. The van der Waals surface area contributed by atoms with E-state index in [0.29, 0.717) is 5.75 Å². The van der Waals surface area contributed by atoms with E-state index in [1.54, 1.807) is 0 Å². The van der Waals surface area contributed by atoms with Gasteiger partial charge < -0.3 is 9.80 Å². The first kappa shape index (κ1) is 18.1. The second-order valence-corrected chi connectivity index (χ2v) is 8.09. The van der Waals surface area contributed by atoms with Crippen LogP contribution in [-0.2, 0) is 15.6 Å². The lowest BCUT2D eigenvalue weighted by Gasteiger charge is -2.34. The number of rotatable bonds is 6. The number of likely N-dealkylation sites (tertiary alicyclic amines) is 1. The molecule has 1 aliphatic heterocycles. The Balaban J connectivity index is 1.75. The van der Waals surface area contributed by atoms with Crippen molar-refractivity contribution in [2.45, 2.75) is 37.6 Å². The molecule has 0 radical (unpaired) electrons. The number of piperidine rings is 1. The first-order chi connectivity index (χ1) is 11.0. The number of nitrogens with zero attached hydrogens (tertiary/aromatic N) is 2. The van der Waals surface area contributed by atoms with Crippen LogP contribution >= 0.6 is 0 Å². The van der Waals surface area contributed by atoms with Gasteiger partial charge in [0.15, 0.2) is 0 Å². The van der Waals surface area contributed by atoms with Crippen molar-refractivity contribution >= 4 is 16.7 Å². The van der Waals surface area contributed by atoms with Crippen LogP contribution in [0.15, 0.2) is 35.2 Å². The molecule has 1 aliphatic rings. The van der Waals surface area contributed by atoms with Crippen molar-refractivity contribution in [3.8, 4) is 0 Å². The fraction of sp³-hybridized carbons (Fsp3) is 0.611. The Morgan fingerprint density at radius 2 is 1.87 bits per heavy atom. The van der Waals surface area contributed by atoms with Crippen LogP contribution in [0.2, 0.25) is 0 Å². The minimum Gasteiger partial charge on any atom is -0.343 e. The highest BCUT2D eigenvalue weighted by atomic mass is 32.2. The van der Waals surface area contributed by atoms with Gasteiger partial charge in [0.1, 0.15) is 0 Å². The Morgan fingerprint density at radius 3 is 2.43 bits per heavy atom. The van der Waals surface area contributed by atoms with Gasteiger partial charge in [-0.3, -0.25) is 9.00 Å². The number of carbonyl (C=O) groups is 1. The minimum atomic E-state index is -0.933. The van der Waals surface area contributed by atoms with Crippen LogP contribution in [0.4, 0.5) is 0 Å². The minimum absolute atomic E-state index is 0.151. The van der Waals surface area contributed by atoms with Crippen LogP contribution in [0.1, 0.15) is 26.7 Å². The molecule has 0 bridgehead atoms. The first-order valence-electron chi connectivity index (χ1n) is 8.41. The van der Waals surface area contributed by atoms with Crippen molar-refractivity contribution in [3.63, 3.8) is 0 Å². The van der Waals surface area contributed by atoms with Gasteiger partial charge in [-0.1, -0.05) is 18.2 Å². The van der Waals surface area contributed by atoms with Crippen molar-refractivity contribution in [1.82, 2.24) is 9.80 Å². The molecular formula is C18H28N2O2S. The van der Waals surface area contributed by atoms with Gasteiger partial charge in [0.05, 0.1) is 10.8 Å². The highest BCUT2D eigenvalue weighted by Gasteiger charge is 2.27. The number of benzene rings is 1. The summed E-state index contributed by atoms with van der Waals surface area (Å²) in [7, 11) is 0.958. The van der Waals surface area contributed by atoms with Gasteiger partial charge in [-0.2, -0.15) is 0 Å². The van der Waals surface area contributed by atoms with Crippen molar-refractivity contribution in [3.05, 3.63) is 30.3 Å². The van der Waals surface area contributed by atoms with Gasteiger partial charge in [-0.05, 0) is 51.9 Å². The van der Waals surface area contributed by atoms with E-state index < -0.39 is 10.8 Å². The van der Waals surface area contributed by atoms with Crippen molar-refractivity contribution in [1.29, 1.82) is 0 Å². The van der Waals surface area contributed by atoms with Crippen LogP contribution in [-0.4, -0.2) is 58.4 Å². The van der Waals surface area contributed by atoms with Crippen molar-refractivity contribution in [2.75, 3.05) is 32.4 Å². The van der Waals surface area contributed by atoms with Gasteiger partial charge >= 0.3 is 0 Å². The normalized spacial score (nSPS) is 18.1. The summed E-state index contributed by atoms with van der Waals surface area (Å²) in [5, 5.41) is 0. The molecule has 1 amide bonds. The molecule has 0 saturated carbocycles. The standard InChI is InChI=1S/C18H28N2O2S/c1-15(2)19(3)18(21)16-9-11-20(12-10-16)13-14-23(22)17-7-5-4-6-8-17/h4-8,15-16H,9-14H2,1-3H3. The summed E-state index contributed by atoms with van der Waals surface area (Å²) in [5.74, 6) is 1.08. The third-order valence-corrected chi connectivity index (χ3v) is 6.01. The zero-order valence-electron chi connectivity index (χ0n) is 14.4. The van der Waals surface area contributed by atoms with Crippen molar-refractivity contribution in [2.24, 2.45) is 5.92 Å². The SMILES string of the molecule is CC(C)N(C)C(=O)C1CCN(CCS(=O)c2ccccc2)CC1. The molecule has 2 rings (SSSR count). The van der Waals surface area contributed by atoms with Crippen LogP contribution in [0.25, 0.3) is 0 Å². The molecule has 4 nitrogen and oxygen atoms in total. The molecule has 1 aromatic carbocycles. The summed E-state index contributed by atoms with van der Waals surface area (Å²) in [6, 6.07) is 9.89. The van der Waals surface area contributed by atoms with E-state index in [9.17, 15) is 9.00 Å². The molecule has 0 aliphatic carbocycles. The van der Waals surface area contributed by atoms with Gasteiger partial charge in [0, 0.05) is 36.2 Å². The Labute approximate surface area is 142 Å². The predicted octanol–water partition coefficient (Wildman–Crippen LogP) is 2.37. The largest absolute Gasteiger partial charge is 0.343 e. The summed E-state index contributed by atoms with van der Waals surface area (Å²) in [6.45, 7) is 6.78. The molecule has 0 aromatic heterocycles. The summed E-state index contributed by atoms with van der Waals surface area (Å²) < 4.78 is 12.2. The first-order valence-corrected chi connectivity index (χ1v) is 9.73. The average Bonchev–Trinajstić information content (AvgIpc) is 2.59. The summed E-state index contributed by atoms with van der Waals surface area (Å²) >= 11 is 0. The van der Waals surface area contributed by atoms with E-state index in [2.05, 4.69) is 4.90 Å². The number of carbonyl (C=O) groups excluding carboxylic acids is 1. The van der Waals surface area contributed by atoms with Crippen LogP contribution in [0.5, 0.6) is 0 Å². The lowest BCUT2D eigenvalue weighted by atomic mass is 9.95. The van der Waals surface area contributed by atoms with Gasteiger partial charge in [-0.25, -0.2) is 0 Å². The van der Waals surface area contributed by atoms with Gasteiger partial charge in [0.2, 0.25) is 5.91 Å². The maximum absolute atomic E-state index is 12.4. The van der Waals surface area contributed by atoms with E-state index in [-0.39, 0.29) is 17.9 Å². The predicted molar refractivity (Wildman–Crippen MR) is 94.8 cm³/mol. The average molecular weight is 337 g/mol. The summed E-state index contributed by atoms with van der Waals surface area (Å²) in [6.07, 6.45) is 1.82. The molecule has 1 aromatic rings. The molecule has 1 unspecified atom stereocenters. The van der Waals surface area contributed by atoms with E-state index in [4.69, 9.17) is 0 Å². The third kappa shape index (κ3) is 5.15. The zero-order valence-corrected chi connectivity index (χ0v) is 15.2. The summed E-state index contributed by atoms with van der Waals surface area (Å²) in [5.41, 5.74) is 0. The van der Waals surface area contributed by atoms with Gasteiger partial charge in [0.25, 0.3) is 0 Å². The molecule has 128 valence electrons. The van der Waals surface area contributed by atoms with Crippen LogP contribution in [0, 0.1) is 5.92 Å². The molecule has 1 atom stereocenters. The Morgan fingerprint density at radius 1 is 1.26 bits per heavy atom. The Kier molecular flexibility index (Phi) is 6.78. The second-order valence-electron chi connectivity index (χ2n) is 6.52. The molecule has 23 heavy (non-hydrogen) atoms. The molecular weight excluding hydrogens is 308 g/mol. The number of hydrogen-bond donors (Lipinski definition) is 0. The lowest BCUT2D eigenvalue weighted by molar-refractivity contribution is -0.137. The molecule has 5 heteroatoms. The highest BCUT2D eigenvalue weighted by Crippen LogP contribution is 2.20. The zero-order chi connectivity index (χ0) is 16.8. The monoisotopic (exact) mass is 336 g/mol.